The molecule has 2 aliphatic rings. The second-order valence-electron chi connectivity index (χ2n) is 9.46. The number of likely N-dealkylation sites (tertiary alicyclic amines) is 1. The van der Waals surface area contributed by atoms with Gasteiger partial charge in [0.1, 0.15) is 0 Å². The molecule has 2 saturated heterocycles. The fourth-order valence-corrected chi connectivity index (χ4v) is 5.23. The number of hydrogen-bond acceptors (Lipinski definition) is 4. The summed E-state index contributed by atoms with van der Waals surface area (Å²) in [5.74, 6) is -0.700. The number of amides is 1. The van der Waals surface area contributed by atoms with E-state index >= 15 is 0 Å². The molecule has 2 fully saturated rings. The maximum absolute atomic E-state index is 13.5. The molecule has 3 aromatic rings. The Morgan fingerprint density at radius 1 is 0.971 bits per heavy atom. The minimum absolute atomic E-state index is 0.238. The van der Waals surface area contributed by atoms with Crippen LogP contribution >= 0.6 is 0 Å². The molecule has 3 heterocycles. The highest BCUT2D eigenvalue weighted by Gasteiger charge is 2.48. The van der Waals surface area contributed by atoms with Crippen molar-refractivity contribution in [2.24, 2.45) is 5.41 Å². The van der Waals surface area contributed by atoms with Crippen LogP contribution < -0.4 is 4.90 Å². The summed E-state index contributed by atoms with van der Waals surface area (Å²) in [7, 11) is 0. The van der Waals surface area contributed by atoms with Crippen LogP contribution in [0.2, 0.25) is 0 Å². The van der Waals surface area contributed by atoms with E-state index in [1.54, 1.807) is 18.2 Å². The van der Waals surface area contributed by atoms with Gasteiger partial charge >= 0.3 is 5.97 Å². The number of aryl methyl sites for hydroxylation is 1. The van der Waals surface area contributed by atoms with E-state index < -0.39 is 5.97 Å². The van der Waals surface area contributed by atoms with Gasteiger partial charge < -0.3 is 10.0 Å². The summed E-state index contributed by atoms with van der Waals surface area (Å²) in [5, 5.41) is 9.25. The van der Waals surface area contributed by atoms with Crippen LogP contribution in [0.15, 0.2) is 66.9 Å². The number of carboxylic acids is 1. The average molecular weight is 456 g/mol. The molecule has 2 aliphatic heterocycles. The van der Waals surface area contributed by atoms with Gasteiger partial charge in [0.2, 0.25) is 5.91 Å². The molecular formula is C28H29N3O3. The molecule has 0 atom stereocenters. The Morgan fingerprint density at radius 3 is 2.41 bits per heavy atom. The predicted octanol–water partition coefficient (Wildman–Crippen LogP) is 4.77. The number of pyridine rings is 1. The zero-order valence-electron chi connectivity index (χ0n) is 19.4. The molecule has 0 saturated carbocycles. The monoisotopic (exact) mass is 455 g/mol. The molecule has 1 aromatic heterocycles. The minimum atomic E-state index is -0.937. The van der Waals surface area contributed by atoms with Crippen LogP contribution in [0, 0.1) is 12.3 Å². The van der Waals surface area contributed by atoms with E-state index in [9.17, 15) is 14.7 Å². The maximum atomic E-state index is 13.5. The summed E-state index contributed by atoms with van der Waals surface area (Å²) in [4.78, 5) is 33.6. The Morgan fingerprint density at radius 2 is 1.71 bits per heavy atom. The lowest BCUT2D eigenvalue weighted by Crippen LogP contribution is -2.44. The summed E-state index contributed by atoms with van der Waals surface area (Å²) in [6.07, 6.45) is 4.51. The number of aromatic carboxylic acids is 1. The Labute approximate surface area is 199 Å². The van der Waals surface area contributed by atoms with Crippen molar-refractivity contribution >= 4 is 17.6 Å². The van der Waals surface area contributed by atoms with Gasteiger partial charge in [-0.05, 0) is 86.3 Å². The second kappa shape index (κ2) is 9.03. The van der Waals surface area contributed by atoms with Crippen molar-refractivity contribution in [3.8, 4) is 11.1 Å². The van der Waals surface area contributed by atoms with Crippen molar-refractivity contribution in [3.63, 3.8) is 0 Å². The quantitative estimate of drug-likeness (QED) is 0.600. The number of hydrogen-bond donors (Lipinski definition) is 1. The summed E-state index contributed by atoms with van der Waals surface area (Å²) in [6.45, 7) is 5.50. The Bertz CT molecular complexity index is 1210. The predicted molar refractivity (Wildman–Crippen MR) is 132 cm³/mol. The molecule has 1 spiro atoms. The van der Waals surface area contributed by atoms with Gasteiger partial charge in [0.15, 0.2) is 0 Å². The standard InChI is InChI=1S/C28H29N3O3/c1-20-4-3-14-29-25(20)19-30-15-11-28(12-16-30)13-17-31(27(28)34)24-9-7-21(8-10-24)22-5-2-6-23(18-22)26(32)33/h2-10,14,18H,11-13,15-17,19H2,1H3,(H,32,33). The summed E-state index contributed by atoms with van der Waals surface area (Å²) in [5.41, 5.74) is 5.03. The molecule has 1 amide bonds. The largest absolute Gasteiger partial charge is 0.478 e. The molecule has 6 heteroatoms. The topological polar surface area (TPSA) is 73.7 Å². The van der Waals surface area contributed by atoms with Crippen molar-refractivity contribution in [1.82, 2.24) is 9.88 Å². The van der Waals surface area contributed by atoms with Crippen molar-refractivity contribution < 1.29 is 14.7 Å². The number of anilines is 1. The highest BCUT2D eigenvalue weighted by atomic mass is 16.4. The smallest absolute Gasteiger partial charge is 0.335 e. The molecule has 0 bridgehead atoms. The zero-order valence-corrected chi connectivity index (χ0v) is 19.4. The van der Waals surface area contributed by atoms with Gasteiger partial charge in [0.25, 0.3) is 0 Å². The number of carbonyl (C=O) groups is 2. The van der Waals surface area contributed by atoms with Crippen molar-refractivity contribution in [2.45, 2.75) is 32.7 Å². The fourth-order valence-electron chi connectivity index (χ4n) is 5.23. The van der Waals surface area contributed by atoms with Crippen LogP contribution in [0.3, 0.4) is 0 Å². The van der Waals surface area contributed by atoms with Crippen molar-refractivity contribution in [2.75, 3.05) is 24.5 Å². The molecule has 1 N–H and O–H groups in total. The third-order valence-corrected chi connectivity index (χ3v) is 7.44. The van der Waals surface area contributed by atoms with Gasteiger partial charge in [-0.1, -0.05) is 30.3 Å². The van der Waals surface area contributed by atoms with E-state index in [0.717, 1.165) is 67.9 Å². The lowest BCUT2D eigenvalue weighted by atomic mass is 9.77. The van der Waals surface area contributed by atoms with E-state index in [0.29, 0.717) is 0 Å². The molecule has 0 aliphatic carbocycles. The van der Waals surface area contributed by atoms with Crippen LogP contribution in [-0.4, -0.2) is 46.5 Å². The molecule has 0 unspecified atom stereocenters. The van der Waals surface area contributed by atoms with E-state index in [2.05, 4.69) is 22.9 Å². The normalized spacial score (nSPS) is 17.9. The first-order valence-electron chi connectivity index (χ1n) is 11.8. The first kappa shape index (κ1) is 22.3. The number of rotatable bonds is 5. The van der Waals surface area contributed by atoms with Gasteiger partial charge in [-0.25, -0.2) is 4.79 Å². The third-order valence-electron chi connectivity index (χ3n) is 7.44. The minimum Gasteiger partial charge on any atom is -0.478 e. The molecule has 174 valence electrons. The van der Waals surface area contributed by atoms with E-state index in [1.807, 2.05) is 47.5 Å². The first-order chi connectivity index (χ1) is 16.4. The van der Waals surface area contributed by atoms with Crippen molar-refractivity contribution in [3.05, 3.63) is 83.7 Å². The van der Waals surface area contributed by atoms with Crippen LogP contribution in [0.1, 0.15) is 40.9 Å². The van der Waals surface area contributed by atoms with Gasteiger partial charge in [-0.15, -0.1) is 0 Å². The van der Waals surface area contributed by atoms with Crippen LogP contribution in [-0.2, 0) is 11.3 Å². The van der Waals surface area contributed by atoms with E-state index in [-0.39, 0.29) is 16.9 Å². The van der Waals surface area contributed by atoms with Gasteiger partial charge in [-0.3, -0.25) is 14.7 Å². The number of nitrogens with zero attached hydrogens (tertiary/aromatic N) is 3. The summed E-state index contributed by atoms with van der Waals surface area (Å²) < 4.78 is 0. The molecule has 0 radical (unpaired) electrons. The van der Waals surface area contributed by atoms with Crippen LogP contribution in [0.4, 0.5) is 5.69 Å². The Balaban J connectivity index is 1.25. The maximum Gasteiger partial charge on any atom is 0.335 e. The fraction of sp³-hybridized carbons (Fsp3) is 0.321. The molecule has 6 nitrogen and oxygen atoms in total. The molecule has 34 heavy (non-hydrogen) atoms. The number of piperidine rings is 1. The molecule has 5 rings (SSSR count). The van der Waals surface area contributed by atoms with Crippen molar-refractivity contribution in [1.29, 1.82) is 0 Å². The Kier molecular flexibility index (Phi) is 5.92. The lowest BCUT2D eigenvalue weighted by molar-refractivity contribution is -0.128. The second-order valence-corrected chi connectivity index (χ2v) is 9.46. The summed E-state index contributed by atoms with van der Waals surface area (Å²) in [6, 6.07) is 18.9. The van der Waals surface area contributed by atoms with Gasteiger partial charge in [0.05, 0.1) is 16.7 Å². The van der Waals surface area contributed by atoms with E-state index in [4.69, 9.17) is 0 Å². The number of carboxylic acid groups (broad SMARTS) is 1. The molecule has 2 aromatic carbocycles. The third kappa shape index (κ3) is 4.21. The number of benzene rings is 2. The van der Waals surface area contributed by atoms with Crippen LogP contribution in [0.5, 0.6) is 0 Å². The molecular weight excluding hydrogens is 426 g/mol. The Hall–Kier alpha value is -3.51. The van der Waals surface area contributed by atoms with Gasteiger partial charge in [-0.2, -0.15) is 0 Å². The highest BCUT2D eigenvalue weighted by molar-refractivity contribution is 6.00. The number of aromatic nitrogens is 1. The lowest BCUT2D eigenvalue weighted by Gasteiger charge is -2.38. The first-order valence-corrected chi connectivity index (χ1v) is 11.8. The SMILES string of the molecule is Cc1cccnc1CN1CCC2(CC1)CCN(c1ccc(-c3cccc(C(=O)O)c3)cc1)C2=O. The average Bonchev–Trinajstić information content (AvgIpc) is 3.17. The van der Waals surface area contributed by atoms with E-state index in [1.165, 1.54) is 5.56 Å². The summed E-state index contributed by atoms with van der Waals surface area (Å²) >= 11 is 0. The zero-order chi connectivity index (χ0) is 23.7. The number of carbonyl (C=O) groups excluding carboxylic acids is 1. The van der Waals surface area contributed by atoms with Gasteiger partial charge in [0, 0.05) is 25.0 Å². The van der Waals surface area contributed by atoms with Crippen LogP contribution in [0.25, 0.3) is 11.1 Å². The highest BCUT2D eigenvalue weighted by Crippen LogP contribution is 2.43.